The number of para-hydroxylation sites is 1. The van der Waals surface area contributed by atoms with E-state index in [2.05, 4.69) is 13.8 Å². The van der Waals surface area contributed by atoms with Crippen molar-refractivity contribution in [3.05, 3.63) is 28.8 Å². The van der Waals surface area contributed by atoms with E-state index in [0.717, 1.165) is 24.3 Å². The van der Waals surface area contributed by atoms with Crippen LogP contribution in [0.1, 0.15) is 32.3 Å². The smallest absolute Gasteiger partial charge is 0.141 e. The fourth-order valence-electron chi connectivity index (χ4n) is 1.87. The standard InChI is InChI=1S/C14H22ClNO/c1-3-5-11(2)10-17-14-12(8-9-16)6-4-7-13(14)15/h4,6-7,11H,3,5,8-10,16H2,1-2H3. The van der Waals surface area contributed by atoms with Crippen LogP contribution >= 0.6 is 11.6 Å². The second kappa shape index (κ2) is 7.57. The zero-order valence-electron chi connectivity index (χ0n) is 10.7. The van der Waals surface area contributed by atoms with Crippen LogP contribution in [0.4, 0.5) is 0 Å². The Kier molecular flexibility index (Phi) is 6.38. The lowest BCUT2D eigenvalue weighted by molar-refractivity contribution is 0.249. The minimum Gasteiger partial charge on any atom is -0.491 e. The first kappa shape index (κ1) is 14.3. The van der Waals surface area contributed by atoms with Crippen LogP contribution in [0.15, 0.2) is 18.2 Å². The van der Waals surface area contributed by atoms with Crippen LogP contribution in [-0.4, -0.2) is 13.2 Å². The van der Waals surface area contributed by atoms with Crippen LogP contribution < -0.4 is 10.5 Å². The number of halogens is 1. The molecule has 0 fully saturated rings. The third kappa shape index (κ3) is 4.57. The number of rotatable bonds is 7. The monoisotopic (exact) mass is 255 g/mol. The molecule has 0 heterocycles. The Bertz CT molecular complexity index is 341. The van der Waals surface area contributed by atoms with Crippen molar-refractivity contribution in [3.63, 3.8) is 0 Å². The highest BCUT2D eigenvalue weighted by Crippen LogP contribution is 2.29. The number of ether oxygens (including phenoxy) is 1. The summed E-state index contributed by atoms with van der Waals surface area (Å²) in [5.74, 6) is 1.37. The van der Waals surface area contributed by atoms with E-state index in [1.54, 1.807) is 0 Å². The predicted molar refractivity (Wildman–Crippen MR) is 73.8 cm³/mol. The van der Waals surface area contributed by atoms with Gasteiger partial charge >= 0.3 is 0 Å². The molecule has 2 N–H and O–H groups in total. The maximum Gasteiger partial charge on any atom is 0.141 e. The van der Waals surface area contributed by atoms with E-state index in [9.17, 15) is 0 Å². The lowest BCUT2D eigenvalue weighted by Gasteiger charge is -2.16. The Labute approximate surface area is 109 Å². The molecule has 1 rings (SSSR count). The Morgan fingerprint density at radius 3 is 2.82 bits per heavy atom. The van der Waals surface area contributed by atoms with E-state index >= 15 is 0 Å². The van der Waals surface area contributed by atoms with Crippen molar-refractivity contribution in [2.24, 2.45) is 11.7 Å². The van der Waals surface area contributed by atoms with Crippen molar-refractivity contribution in [2.45, 2.75) is 33.1 Å². The van der Waals surface area contributed by atoms with E-state index in [4.69, 9.17) is 22.1 Å². The molecule has 0 radical (unpaired) electrons. The Balaban J connectivity index is 2.68. The minimum absolute atomic E-state index is 0.557. The van der Waals surface area contributed by atoms with E-state index in [1.165, 1.54) is 12.8 Å². The van der Waals surface area contributed by atoms with Crippen molar-refractivity contribution in [1.82, 2.24) is 0 Å². The van der Waals surface area contributed by atoms with Crippen molar-refractivity contribution in [3.8, 4) is 5.75 Å². The van der Waals surface area contributed by atoms with Gasteiger partial charge in [0.15, 0.2) is 0 Å². The van der Waals surface area contributed by atoms with Crippen molar-refractivity contribution < 1.29 is 4.74 Å². The third-order valence-electron chi connectivity index (χ3n) is 2.76. The zero-order chi connectivity index (χ0) is 12.7. The van der Waals surface area contributed by atoms with Crippen LogP contribution in [0.5, 0.6) is 5.75 Å². The average molecular weight is 256 g/mol. The molecule has 0 amide bonds. The van der Waals surface area contributed by atoms with Crippen molar-refractivity contribution in [2.75, 3.05) is 13.2 Å². The maximum absolute atomic E-state index is 6.16. The van der Waals surface area contributed by atoms with Crippen molar-refractivity contribution >= 4 is 11.6 Å². The molecule has 2 nitrogen and oxygen atoms in total. The fourth-order valence-corrected chi connectivity index (χ4v) is 2.12. The van der Waals surface area contributed by atoms with Gasteiger partial charge in [0.25, 0.3) is 0 Å². The second-order valence-corrected chi connectivity index (χ2v) is 4.88. The summed E-state index contributed by atoms with van der Waals surface area (Å²) in [6.07, 6.45) is 3.16. The van der Waals surface area contributed by atoms with Gasteiger partial charge in [0.05, 0.1) is 11.6 Å². The normalized spacial score (nSPS) is 12.5. The van der Waals surface area contributed by atoms with Crippen LogP contribution in [-0.2, 0) is 6.42 Å². The SMILES string of the molecule is CCCC(C)COc1c(Cl)cccc1CCN. The molecule has 1 aromatic carbocycles. The molecule has 0 aliphatic heterocycles. The highest BCUT2D eigenvalue weighted by Gasteiger charge is 2.09. The molecule has 1 aromatic rings. The summed E-state index contributed by atoms with van der Waals surface area (Å²) in [5.41, 5.74) is 6.69. The van der Waals surface area contributed by atoms with Crippen LogP contribution in [0.2, 0.25) is 5.02 Å². The molecule has 17 heavy (non-hydrogen) atoms. The summed E-state index contributed by atoms with van der Waals surface area (Å²) in [6.45, 7) is 5.71. The van der Waals surface area contributed by atoms with Gasteiger partial charge in [-0.25, -0.2) is 0 Å². The predicted octanol–water partition coefficient (Wildman–Crippen LogP) is 3.66. The Hall–Kier alpha value is -0.730. The number of nitrogens with two attached hydrogens (primary N) is 1. The van der Waals surface area contributed by atoms with E-state index in [0.29, 0.717) is 17.5 Å². The number of benzene rings is 1. The topological polar surface area (TPSA) is 35.2 Å². The number of hydrogen-bond donors (Lipinski definition) is 1. The number of hydrogen-bond acceptors (Lipinski definition) is 2. The fraction of sp³-hybridized carbons (Fsp3) is 0.571. The van der Waals surface area contributed by atoms with Gasteiger partial charge in [-0.1, -0.05) is 44.0 Å². The second-order valence-electron chi connectivity index (χ2n) is 4.47. The van der Waals surface area contributed by atoms with Crippen molar-refractivity contribution in [1.29, 1.82) is 0 Å². The molecular weight excluding hydrogens is 234 g/mol. The van der Waals surface area contributed by atoms with Gasteiger partial charge in [0.2, 0.25) is 0 Å². The molecule has 0 aliphatic carbocycles. The summed E-state index contributed by atoms with van der Waals surface area (Å²) in [7, 11) is 0. The third-order valence-corrected chi connectivity index (χ3v) is 3.05. The van der Waals surface area contributed by atoms with Gasteiger partial charge in [-0.05, 0) is 36.9 Å². The van der Waals surface area contributed by atoms with Crippen LogP contribution in [0, 0.1) is 5.92 Å². The Morgan fingerprint density at radius 2 is 2.18 bits per heavy atom. The molecule has 0 saturated carbocycles. The largest absolute Gasteiger partial charge is 0.491 e. The van der Waals surface area contributed by atoms with E-state index < -0.39 is 0 Å². The first-order valence-corrected chi connectivity index (χ1v) is 6.67. The molecule has 0 aromatic heterocycles. The molecule has 0 spiro atoms. The van der Waals surface area contributed by atoms with Gasteiger partial charge < -0.3 is 10.5 Å². The molecule has 1 atom stereocenters. The minimum atomic E-state index is 0.557. The molecule has 1 unspecified atom stereocenters. The molecule has 0 bridgehead atoms. The van der Waals surface area contributed by atoms with Gasteiger partial charge in [0.1, 0.15) is 5.75 Å². The van der Waals surface area contributed by atoms with E-state index in [1.807, 2.05) is 18.2 Å². The first-order chi connectivity index (χ1) is 8.19. The van der Waals surface area contributed by atoms with Gasteiger partial charge in [-0.15, -0.1) is 0 Å². The Morgan fingerprint density at radius 1 is 1.41 bits per heavy atom. The molecule has 0 saturated heterocycles. The summed E-state index contributed by atoms with van der Waals surface area (Å²) in [6, 6.07) is 5.83. The lowest BCUT2D eigenvalue weighted by atomic mass is 10.1. The molecule has 3 heteroatoms. The van der Waals surface area contributed by atoms with Gasteiger partial charge in [-0.2, -0.15) is 0 Å². The summed E-state index contributed by atoms with van der Waals surface area (Å²) in [5, 5.41) is 0.680. The summed E-state index contributed by atoms with van der Waals surface area (Å²) in [4.78, 5) is 0. The maximum atomic E-state index is 6.16. The molecular formula is C14H22ClNO. The zero-order valence-corrected chi connectivity index (χ0v) is 11.5. The van der Waals surface area contributed by atoms with Gasteiger partial charge in [0, 0.05) is 0 Å². The van der Waals surface area contributed by atoms with E-state index in [-0.39, 0.29) is 0 Å². The highest BCUT2D eigenvalue weighted by molar-refractivity contribution is 6.32. The first-order valence-electron chi connectivity index (χ1n) is 6.29. The summed E-state index contributed by atoms with van der Waals surface area (Å²) >= 11 is 6.16. The quantitative estimate of drug-likeness (QED) is 0.807. The van der Waals surface area contributed by atoms with Crippen LogP contribution in [0.25, 0.3) is 0 Å². The molecule has 0 aliphatic rings. The molecule has 96 valence electrons. The van der Waals surface area contributed by atoms with Gasteiger partial charge in [-0.3, -0.25) is 0 Å². The average Bonchev–Trinajstić information content (AvgIpc) is 2.29. The highest BCUT2D eigenvalue weighted by atomic mass is 35.5. The lowest BCUT2D eigenvalue weighted by Crippen LogP contribution is -2.11. The van der Waals surface area contributed by atoms with Crippen LogP contribution in [0.3, 0.4) is 0 Å². The summed E-state index contributed by atoms with van der Waals surface area (Å²) < 4.78 is 5.85.